The van der Waals surface area contributed by atoms with Gasteiger partial charge in [0.2, 0.25) is 5.91 Å². The van der Waals surface area contributed by atoms with Gasteiger partial charge in [0.25, 0.3) is 0 Å². The summed E-state index contributed by atoms with van der Waals surface area (Å²) < 4.78 is 4.84. The number of quaternary nitrogens is 1. The van der Waals surface area contributed by atoms with Crippen molar-refractivity contribution in [2.75, 3.05) is 25.6 Å². The van der Waals surface area contributed by atoms with Crippen LogP contribution in [0.4, 0.5) is 5.69 Å². The molecule has 6 heteroatoms. The third-order valence-corrected chi connectivity index (χ3v) is 2.82. The van der Waals surface area contributed by atoms with Gasteiger partial charge >= 0.3 is 0 Å². The average molecular weight is 280 g/mol. The molecule has 0 saturated heterocycles. The number of carbonyl (C=O) groups excluding carboxylic acids is 2. The number of nitrogens with two attached hydrogens (primary N) is 1. The van der Waals surface area contributed by atoms with Crippen molar-refractivity contribution in [2.45, 2.75) is 19.4 Å². The number of anilines is 1. The molecule has 1 aromatic carbocycles. The van der Waals surface area contributed by atoms with Crippen molar-refractivity contribution < 1.29 is 24.7 Å². The van der Waals surface area contributed by atoms with Gasteiger partial charge in [-0.15, -0.1) is 0 Å². The normalized spacial score (nSPS) is 11.9. The monoisotopic (exact) mass is 280 g/mol. The number of methoxy groups -OCH3 is 1. The summed E-state index contributed by atoms with van der Waals surface area (Å²) in [5, 5.41) is 15.2. The Morgan fingerprint density at radius 3 is 2.55 bits per heavy atom. The summed E-state index contributed by atoms with van der Waals surface area (Å²) in [6.07, 6.45) is -0.139. The van der Waals surface area contributed by atoms with E-state index < -0.39 is 12.0 Å². The Bertz CT molecular complexity index is 445. The number of hydrogen-bond acceptors (Lipinski definition) is 4. The van der Waals surface area contributed by atoms with Gasteiger partial charge in [0.1, 0.15) is 6.04 Å². The molecule has 0 unspecified atom stereocenters. The van der Waals surface area contributed by atoms with Gasteiger partial charge in [-0.1, -0.05) is 17.7 Å². The van der Waals surface area contributed by atoms with Crippen LogP contribution in [0.1, 0.15) is 12.0 Å². The number of carboxylic acid groups (broad SMARTS) is 1. The zero-order valence-electron chi connectivity index (χ0n) is 11.7. The molecule has 1 amide bonds. The lowest BCUT2D eigenvalue weighted by Gasteiger charge is -2.16. The largest absolute Gasteiger partial charge is 0.544 e. The molecule has 0 aliphatic carbocycles. The molecule has 0 aromatic heterocycles. The molecular formula is C14H20N2O4. The number of amides is 1. The number of rotatable bonds is 8. The van der Waals surface area contributed by atoms with Gasteiger partial charge in [-0.25, -0.2) is 0 Å². The van der Waals surface area contributed by atoms with Gasteiger partial charge in [-0.05, 0) is 19.1 Å². The summed E-state index contributed by atoms with van der Waals surface area (Å²) in [6.45, 7) is 2.83. The van der Waals surface area contributed by atoms with E-state index in [1.54, 1.807) is 12.1 Å². The number of benzene rings is 1. The molecule has 0 aliphatic heterocycles. The van der Waals surface area contributed by atoms with E-state index in [2.05, 4.69) is 5.32 Å². The Labute approximate surface area is 118 Å². The number of ether oxygens (including phenoxy) is 1. The summed E-state index contributed by atoms with van der Waals surface area (Å²) in [5.41, 5.74) is 1.73. The first-order valence-electron chi connectivity index (χ1n) is 6.42. The van der Waals surface area contributed by atoms with Crippen LogP contribution in [0.25, 0.3) is 0 Å². The van der Waals surface area contributed by atoms with Crippen molar-refractivity contribution in [3.8, 4) is 0 Å². The minimum atomic E-state index is -1.25. The second-order valence-electron chi connectivity index (χ2n) is 4.56. The molecule has 0 spiro atoms. The SMILES string of the molecule is COCC[NH2+][C@@H](CC(=O)Nc1ccc(C)cc1)C(=O)[O-]. The lowest BCUT2D eigenvalue weighted by molar-refractivity contribution is -0.683. The number of aliphatic carboxylic acids is 1. The highest BCUT2D eigenvalue weighted by Crippen LogP contribution is 2.08. The van der Waals surface area contributed by atoms with Crippen LogP contribution in [-0.2, 0) is 14.3 Å². The number of nitrogens with one attached hydrogen (secondary N) is 1. The van der Waals surface area contributed by atoms with E-state index in [0.29, 0.717) is 18.8 Å². The molecule has 0 radical (unpaired) electrons. The summed E-state index contributed by atoms with van der Waals surface area (Å²) in [6, 6.07) is 6.38. The first-order chi connectivity index (χ1) is 9.52. The van der Waals surface area contributed by atoms with Crippen LogP contribution < -0.4 is 15.7 Å². The van der Waals surface area contributed by atoms with Gasteiger partial charge < -0.3 is 25.3 Å². The number of carbonyl (C=O) groups is 2. The van der Waals surface area contributed by atoms with E-state index >= 15 is 0 Å². The van der Waals surface area contributed by atoms with Crippen LogP contribution in [0, 0.1) is 6.92 Å². The molecule has 0 saturated carbocycles. The molecule has 3 N–H and O–H groups in total. The van der Waals surface area contributed by atoms with E-state index in [1.807, 2.05) is 19.1 Å². The molecule has 0 heterocycles. The van der Waals surface area contributed by atoms with Gasteiger partial charge in [-0.3, -0.25) is 4.79 Å². The highest BCUT2D eigenvalue weighted by molar-refractivity contribution is 5.93. The maximum Gasteiger partial charge on any atom is 0.230 e. The molecule has 1 rings (SSSR count). The minimum Gasteiger partial charge on any atom is -0.544 e. The zero-order chi connectivity index (χ0) is 15.0. The fourth-order valence-corrected chi connectivity index (χ4v) is 1.70. The van der Waals surface area contributed by atoms with E-state index in [9.17, 15) is 14.7 Å². The predicted octanol–water partition coefficient (Wildman–Crippen LogP) is -1.35. The van der Waals surface area contributed by atoms with Crippen LogP contribution in [-0.4, -0.2) is 38.2 Å². The van der Waals surface area contributed by atoms with Gasteiger partial charge in [0, 0.05) is 12.8 Å². The van der Waals surface area contributed by atoms with E-state index in [4.69, 9.17) is 4.74 Å². The molecule has 20 heavy (non-hydrogen) atoms. The summed E-state index contributed by atoms with van der Waals surface area (Å²) >= 11 is 0. The molecule has 0 bridgehead atoms. The van der Waals surface area contributed by atoms with Crippen LogP contribution in [0.15, 0.2) is 24.3 Å². The Morgan fingerprint density at radius 1 is 1.35 bits per heavy atom. The molecule has 6 nitrogen and oxygen atoms in total. The predicted molar refractivity (Wildman–Crippen MR) is 71.9 cm³/mol. The Hall–Kier alpha value is -1.92. The maximum atomic E-state index is 11.8. The zero-order valence-corrected chi connectivity index (χ0v) is 11.7. The summed E-state index contributed by atoms with van der Waals surface area (Å²) in [7, 11) is 1.53. The quantitative estimate of drug-likeness (QED) is 0.576. The first-order valence-corrected chi connectivity index (χ1v) is 6.42. The third kappa shape index (κ3) is 5.81. The van der Waals surface area contributed by atoms with E-state index in [0.717, 1.165) is 5.56 Å². The standard InChI is InChI=1S/C14H20N2O4/c1-10-3-5-11(6-4-10)16-13(17)9-12(14(18)19)15-7-8-20-2/h3-6,12,15H,7-9H2,1-2H3,(H,16,17)(H,18,19)/t12-/m0/s1. The van der Waals surface area contributed by atoms with Crippen molar-refractivity contribution >= 4 is 17.6 Å². The molecular weight excluding hydrogens is 260 g/mol. The van der Waals surface area contributed by atoms with Crippen LogP contribution in [0.5, 0.6) is 0 Å². The van der Waals surface area contributed by atoms with Crippen LogP contribution >= 0.6 is 0 Å². The number of hydrogen-bond donors (Lipinski definition) is 2. The summed E-state index contributed by atoms with van der Waals surface area (Å²) in [5.74, 6) is -1.60. The van der Waals surface area contributed by atoms with Gasteiger partial charge in [-0.2, -0.15) is 0 Å². The van der Waals surface area contributed by atoms with Crippen molar-refractivity contribution in [3.63, 3.8) is 0 Å². The number of aryl methyl sites for hydroxylation is 1. The first kappa shape index (κ1) is 16.1. The highest BCUT2D eigenvalue weighted by atomic mass is 16.5. The lowest BCUT2D eigenvalue weighted by atomic mass is 10.2. The maximum absolute atomic E-state index is 11.8. The van der Waals surface area contributed by atoms with E-state index in [-0.39, 0.29) is 12.3 Å². The summed E-state index contributed by atoms with van der Waals surface area (Å²) in [4.78, 5) is 22.8. The molecule has 0 fully saturated rings. The van der Waals surface area contributed by atoms with Crippen molar-refractivity contribution in [2.24, 2.45) is 0 Å². The fraction of sp³-hybridized carbons (Fsp3) is 0.429. The van der Waals surface area contributed by atoms with E-state index in [1.165, 1.54) is 12.4 Å². The lowest BCUT2D eigenvalue weighted by Crippen LogP contribution is -2.94. The van der Waals surface area contributed by atoms with Crippen molar-refractivity contribution in [1.29, 1.82) is 0 Å². The molecule has 1 aromatic rings. The Balaban J connectivity index is 2.48. The highest BCUT2D eigenvalue weighted by Gasteiger charge is 2.18. The molecule has 110 valence electrons. The third-order valence-electron chi connectivity index (χ3n) is 2.82. The van der Waals surface area contributed by atoms with Crippen LogP contribution in [0.3, 0.4) is 0 Å². The Kier molecular flexibility index (Phi) is 6.69. The topological polar surface area (TPSA) is 95.1 Å². The molecule has 1 atom stereocenters. The average Bonchev–Trinajstić information content (AvgIpc) is 2.40. The molecule has 0 aliphatic rings. The van der Waals surface area contributed by atoms with Gasteiger partial charge in [0.05, 0.1) is 25.5 Å². The second-order valence-corrected chi connectivity index (χ2v) is 4.56. The fourth-order valence-electron chi connectivity index (χ4n) is 1.70. The minimum absolute atomic E-state index is 0.139. The van der Waals surface area contributed by atoms with Crippen molar-refractivity contribution in [1.82, 2.24) is 0 Å². The second kappa shape index (κ2) is 8.29. The van der Waals surface area contributed by atoms with Crippen molar-refractivity contribution in [3.05, 3.63) is 29.8 Å². The van der Waals surface area contributed by atoms with Crippen LogP contribution in [0.2, 0.25) is 0 Å². The smallest absolute Gasteiger partial charge is 0.230 e. The number of carboxylic acids is 1. The Morgan fingerprint density at radius 2 is 2.00 bits per heavy atom. The van der Waals surface area contributed by atoms with Gasteiger partial charge in [0.15, 0.2) is 0 Å².